The molecule has 0 aromatic carbocycles. The molecule has 0 spiro atoms. The van der Waals surface area contributed by atoms with Crippen molar-refractivity contribution < 1.29 is 0 Å². The monoisotopic (exact) mass is 255 g/mol. The first-order chi connectivity index (χ1) is 6.74. The van der Waals surface area contributed by atoms with E-state index in [9.17, 15) is 0 Å². The zero-order valence-electron chi connectivity index (χ0n) is 8.26. The summed E-state index contributed by atoms with van der Waals surface area (Å²) in [5, 5.41) is 3.47. The quantitative estimate of drug-likeness (QED) is 0.903. The molecule has 0 radical (unpaired) electrons. The Hall–Kier alpha value is -0.640. The summed E-state index contributed by atoms with van der Waals surface area (Å²) in [6.45, 7) is 2.22. The summed E-state index contributed by atoms with van der Waals surface area (Å²) in [6.07, 6.45) is 8.49. The molecule has 2 rings (SSSR count). The summed E-state index contributed by atoms with van der Waals surface area (Å²) in [5.41, 5.74) is 0.294. The number of nitrogens with zero attached hydrogens (tertiary/aromatic N) is 2. The fourth-order valence-corrected chi connectivity index (χ4v) is 2.02. The molecule has 4 heteroatoms. The number of hydrogen-bond acceptors (Lipinski definition) is 3. The van der Waals surface area contributed by atoms with Gasteiger partial charge in [0, 0.05) is 5.54 Å². The summed E-state index contributed by atoms with van der Waals surface area (Å²) in [6, 6.07) is 0. The van der Waals surface area contributed by atoms with E-state index >= 15 is 0 Å². The zero-order valence-corrected chi connectivity index (χ0v) is 9.84. The first-order valence-electron chi connectivity index (χ1n) is 5.00. The smallest absolute Gasteiger partial charge is 0.144 e. The van der Waals surface area contributed by atoms with Gasteiger partial charge >= 0.3 is 0 Å². The van der Waals surface area contributed by atoms with Gasteiger partial charge in [-0.1, -0.05) is 6.92 Å². The normalized spacial score (nSPS) is 18.7. The number of rotatable bonds is 3. The predicted molar refractivity (Wildman–Crippen MR) is 60.2 cm³/mol. The van der Waals surface area contributed by atoms with Gasteiger partial charge in [0.2, 0.25) is 0 Å². The molecule has 0 atom stereocenters. The molecule has 14 heavy (non-hydrogen) atoms. The summed E-state index contributed by atoms with van der Waals surface area (Å²) in [5.74, 6) is 0.884. The third-order valence-electron chi connectivity index (χ3n) is 3.00. The van der Waals surface area contributed by atoms with Gasteiger partial charge in [0.1, 0.15) is 10.4 Å². The van der Waals surface area contributed by atoms with Crippen LogP contribution in [0.3, 0.4) is 0 Å². The SMILES string of the molecule is CCC1(Nc2cnc(Br)cn2)CCC1. The topological polar surface area (TPSA) is 37.8 Å². The highest BCUT2D eigenvalue weighted by Gasteiger charge is 2.35. The summed E-state index contributed by atoms with van der Waals surface area (Å²) in [7, 11) is 0. The highest BCUT2D eigenvalue weighted by molar-refractivity contribution is 9.10. The minimum Gasteiger partial charge on any atom is -0.363 e. The van der Waals surface area contributed by atoms with Crippen LogP contribution >= 0.6 is 15.9 Å². The first kappa shape index (κ1) is 9.90. The van der Waals surface area contributed by atoms with Crippen LogP contribution in [0.4, 0.5) is 5.82 Å². The van der Waals surface area contributed by atoms with Gasteiger partial charge in [-0.25, -0.2) is 9.97 Å². The van der Waals surface area contributed by atoms with E-state index in [1.165, 1.54) is 19.3 Å². The molecule has 0 aliphatic heterocycles. The van der Waals surface area contributed by atoms with E-state index in [1.54, 1.807) is 12.4 Å². The van der Waals surface area contributed by atoms with Gasteiger partial charge in [-0.05, 0) is 41.6 Å². The summed E-state index contributed by atoms with van der Waals surface area (Å²) < 4.78 is 0.780. The molecule has 3 nitrogen and oxygen atoms in total. The van der Waals surface area contributed by atoms with E-state index in [4.69, 9.17) is 0 Å². The van der Waals surface area contributed by atoms with Crippen LogP contribution in [0.2, 0.25) is 0 Å². The Balaban J connectivity index is 2.06. The second kappa shape index (κ2) is 3.85. The highest BCUT2D eigenvalue weighted by atomic mass is 79.9. The minimum absolute atomic E-state index is 0.294. The zero-order chi connectivity index (χ0) is 10.0. The second-order valence-corrected chi connectivity index (χ2v) is 4.65. The molecular weight excluding hydrogens is 242 g/mol. The predicted octanol–water partition coefficient (Wildman–Crippen LogP) is 2.98. The Morgan fingerprint density at radius 1 is 1.43 bits per heavy atom. The highest BCUT2D eigenvalue weighted by Crippen LogP contribution is 2.37. The van der Waals surface area contributed by atoms with Gasteiger partial charge in [0.05, 0.1) is 12.4 Å². The molecule has 0 bridgehead atoms. The van der Waals surface area contributed by atoms with Gasteiger partial charge in [-0.2, -0.15) is 0 Å². The van der Waals surface area contributed by atoms with Crippen LogP contribution in [-0.2, 0) is 0 Å². The molecular formula is C10H14BrN3. The average Bonchev–Trinajstić information content (AvgIpc) is 2.15. The van der Waals surface area contributed by atoms with Crippen molar-refractivity contribution in [2.45, 2.75) is 38.1 Å². The fraction of sp³-hybridized carbons (Fsp3) is 0.600. The molecule has 1 aromatic rings. The van der Waals surface area contributed by atoms with E-state index in [0.717, 1.165) is 16.8 Å². The third kappa shape index (κ3) is 1.90. The van der Waals surface area contributed by atoms with Crippen LogP contribution in [0, 0.1) is 0 Å². The Bertz CT molecular complexity index is 300. The maximum atomic E-state index is 4.27. The van der Waals surface area contributed by atoms with Crippen LogP contribution in [0.1, 0.15) is 32.6 Å². The van der Waals surface area contributed by atoms with Crippen LogP contribution in [0.5, 0.6) is 0 Å². The number of halogens is 1. The number of hydrogen-bond donors (Lipinski definition) is 1. The molecule has 1 aliphatic rings. The molecule has 1 heterocycles. The van der Waals surface area contributed by atoms with E-state index in [1.807, 2.05) is 0 Å². The Morgan fingerprint density at radius 2 is 2.21 bits per heavy atom. The molecule has 1 aromatic heterocycles. The standard InChI is InChI=1S/C10H14BrN3/c1-2-10(4-3-5-10)14-9-7-12-8(11)6-13-9/h6-7H,2-5H2,1H3,(H,13,14). The molecule has 76 valence electrons. The van der Waals surface area contributed by atoms with Crippen LogP contribution in [-0.4, -0.2) is 15.5 Å². The largest absolute Gasteiger partial charge is 0.363 e. The molecule has 1 aliphatic carbocycles. The lowest BCUT2D eigenvalue weighted by Gasteiger charge is -2.42. The number of anilines is 1. The minimum atomic E-state index is 0.294. The van der Waals surface area contributed by atoms with E-state index in [2.05, 4.69) is 38.1 Å². The molecule has 0 unspecified atom stereocenters. The van der Waals surface area contributed by atoms with Crippen molar-refractivity contribution >= 4 is 21.7 Å². The van der Waals surface area contributed by atoms with E-state index < -0.39 is 0 Å². The molecule has 1 N–H and O–H groups in total. The molecule has 1 fully saturated rings. The van der Waals surface area contributed by atoms with Crippen molar-refractivity contribution in [1.29, 1.82) is 0 Å². The van der Waals surface area contributed by atoms with Crippen molar-refractivity contribution in [3.63, 3.8) is 0 Å². The molecule has 0 amide bonds. The van der Waals surface area contributed by atoms with Crippen molar-refractivity contribution in [3.8, 4) is 0 Å². The van der Waals surface area contributed by atoms with Crippen molar-refractivity contribution in [2.75, 3.05) is 5.32 Å². The van der Waals surface area contributed by atoms with Crippen LogP contribution < -0.4 is 5.32 Å². The third-order valence-corrected chi connectivity index (χ3v) is 3.41. The second-order valence-electron chi connectivity index (χ2n) is 3.84. The van der Waals surface area contributed by atoms with Crippen LogP contribution in [0.15, 0.2) is 17.0 Å². The fourth-order valence-electron chi connectivity index (χ4n) is 1.82. The number of nitrogens with one attached hydrogen (secondary N) is 1. The molecule has 0 saturated heterocycles. The van der Waals surface area contributed by atoms with E-state index in [-0.39, 0.29) is 0 Å². The van der Waals surface area contributed by atoms with Crippen molar-refractivity contribution in [2.24, 2.45) is 0 Å². The van der Waals surface area contributed by atoms with Crippen LogP contribution in [0.25, 0.3) is 0 Å². The lowest BCUT2D eigenvalue weighted by Crippen LogP contribution is -2.44. The number of aromatic nitrogens is 2. The Kier molecular flexibility index (Phi) is 2.72. The van der Waals surface area contributed by atoms with Gasteiger partial charge in [-0.3, -0.25) is 0 Å². The van der Waals surface area contributed by atoms with Gasteiger partial charge in [-0.15, -0.1) is 0 Å². The first-order valence-corrected chi connectivity index (χ1v) is 5.79. The molecule has 1 saturated carbocycles. The van der Waals surface area contributed by atoms with E-state index in [0.29, 0.717) is 5.54 Å². The lowest BCUT2D eigenvalue weighted by molar-refractivity contribution is 0.268. The maximum Gasteiger partial charge on any atom is 0.144 e. The average molecular weight is 256 g/mol. The van der Waals surface area contributed by atoms with Crippen molar-refractivity contribution in [1.82, 2.24) is 9.97 Å². The summed E-state index contributed by atoms with van der Waals surface area (Å²) in [4.78, 5) is 8.42. The maximum absolute atomic E-state index is 4.27. The lowest BCUT2D eigenvalue weighted by atomic mass is 9.75. The van der Waals surface area contributed by atoms with Gasteiger partial charge < -0.3 is 5.32 Å². The summed E-state index contributed by atoms with van der Waals surface area (Å²) >= 11 is 3.27. The van der Waals surface area contributed by atoms with Gasteiger partial charge in [0.25, 0.3) is 0 Å². The Morgan fingerprint density at radius 3 is 2.64 bits per heavy atom. The van der Waals surface area contributed by atoms with Crippen molar-refractivity contribution in [3.05, 3.63) is 17.0 Å². The Labute approximate surface area is 92.5 Å². The van der Waals surface area contributed by atoms with Gasteiger partial charge in [0.15, 0.2) is 0 Å².